The molecule has 1 saturated heterocycles. The number of fused-ring (bicyclic) bond motifs is 3. The Hall–Kier alpha value is -1.66. The Balaban J connectivity index is 1.99. The summed E-state index contributed by atoms with van der Waals surface area (Å²) in [6.07, 6.45) is 0.941. The number of thiophene rings is 1. The van der Waals surface area contributed by atoms with Gasteiger partial charge in [0.15, 0.2) is 0 Å². The molecule has 1 aliphatic rings. The van der Waals surface area contributed by atoms with Gasteiger partial charge in [0.25, 0.3) is 0 Å². The van der Waals surface area contributed by atoms with Crippen molar-refractivity contribution in [2.24, 2.45) is 0 Å². The number of imide groups is 1. The van der Waals surface area contributed by atoms with Gasteiger partial charge in [0.1, 0.15) is 10.9 Å². The molecule has 4 nitrogen and oxygen atoms in total. The summed E-state index contributed by atoms with van der Waals surface area (Å²) in [7, 11) is 0. The van der Waals surface area contributed by atoms with Gasteiger partial charge in [-0.2, -0.15) is 0 Å². The van der Waals surface area contributed by atoms with Gasteiger partial charge in [-0.1, -0.05) is 15.9 Å². The Labute approximate surface area is 132 Å². The van der Waals surface area contributed by atoms with Gasteiger partial charge < -0.3 is 4.57 Å². The van der Waals surface area contributed by atoms with E-state index in [2.05, 4.69) is 37.9 Å². The normalized spacial score (nSPS) is 19.4. The first-order valence-corrected chi connectivity index (χ1v) is 8.33. The molecule has 1 unspecified atom stereocenters. The van der Waals surface area contributed by atoms with Crippen LogP contribution in [0.15, 0.2) is 34.1 Å². The van der Waals surface area contributed by atoms with Gasteiger partial charge in [0.05, 0.1) is 5.52 Å². The van der Waals surface area contributed by atoms with Crippen LogP contribution in [0.3, 0.4) is 0 Å². The molecule has 0 spiro atoms. The first-order valence-electron chi connectivity index (χ1n) is 6.65. The molecular weight excluding hydrogens is 352 g/mol. The lowest BCUT2D eigenvalue weighted by Gasteiger charge is -2.23. The summed E-state index contributed by atoms with van der Waals surface area (Å²) in [5, 5.41) is 6.77. The number of nitrogens with zero attached hydrogens (tertiary/aromatic N) is 1. The summed E-state index contributed by atoms with van der Waals surface area (Å²) in [4.78, 5) is 24.7. The molecule has 106 valence electrons. The molecule has 0 saturated carbocycles. The van der Waals surface area contributed by atoms with E-state index in [4.69, 9.17) is 0 Å². The molecule has 4 rings (SSSR count). The number of benzene rings is 1. The molecule has 1 aromatic carbocycles. The zero-order chi connectivity index (χ0) is 14.6. The number of rotatable bonds is 1. The highest BCUT2D eigenvalue weighted by Crippen LogP contribution is 2.38. The predicted octanol–water partition coefficient (Wildman–Crippen LogP) is 3.60. The van der Waals surface area contributed by atoms with Crippen molar-refractivity contribution in [3.63, 3.8) is 0 Å². The smallest absolute Gasteiger partial charge is 0.249 e. The average molecular weight is 363 g/mol. The van der Waals surface area contributed by atoms with E-state index in [9.17, 15) is 9.59 Å². The van der Waals surface area contributed by atoms with Gasteiger partial charge in [-0.3, -0.25) is 14.9 Å². The fourth-order valence-electron chi connectivity index (χ4n) is 2.97. The van der Waals surface area contributed by atoms with Crippen molar-refractivity contribution in [1.82, 2.24) is 9.88 Å². The highest BCUT2D eigenvalue weighted by Gasteiger charge is 2.30. The minimum Gasteiger partial charge on any atom is -0.320 e. The summed E-state index contributed by atoms with van der Waals surface area (Å²) in [5.74, 6) is -0.390. The number of aromatic nitrogens is 1. The number of carbonyl (C=O) groups is 2. The Morgan fingerprint density at radius 1 is 1.24 bits per heavy atom. The largest absolute Gasteiger partial charge is 0.320 e. The fraction of sp³-hybridized carbons (Fsp3) is 0.200. The van der Waals surface area contributed by atoms with Crippen molar-refractivity contribution in [3.8, 4) is 0 Å². The van der Waals surface area contributed by atoms with E-state index in [0.717, 1.165) is 25.6 Å². The monoisotopic (exact) mass is 362 g/mol. The van der Waals surface area contributed by atoms with Gasteiger partial charge in [0, 0.05) is 21.7 Å². The highest BCUT2D eigenvalue weighted by atomic mass is 79.9. The maximum atomic E-state index is 12.2. The van der Waals surface area contributed by atoms with Crippen molar-refractivity contribution < 1.29 is 9.59 Å². The minimum absolute atomic E-state index is 0.183. The molecule has 0 aliphatic carbocycles. The summed E-state index contributed by atoms with van der Waals surface area (Å²) in [5.41, 5.74) is 1.04. The standard InChI is InChI=1S/C15H11BrN2O2S/c16-8-1-2-11-10(7-8)9-5-6-21-15(9)18(11)12-3-4-13(19)17-14(12)20/h1-2,5-7,12H,3-4H2,(H,17,19,20). The number of carbonyl (C=O) groups excluding carboxylic acids is 2. The van der Waals surface area contributed by atoms with Crippen molar-refractivity contribution in [1.29, 1.82) is 0 Å². The molecule has 21 heavy (non-hydrogen) atoms. The maximum absolute atomic E-state index is 12.2. The highest BCUT2D eigenvalue weighted by molar-refractivity contribution is 9.10. The van der Waals surface area contributed by atoms with Gasteiger partial charge >= 0.3 is 0 Å². The molecule has 0 radical (unpaired) electrons. The Kier molecular flexibility index (Phi) is 2.90. The molecule has 1 fully saturated rings. The van der Waals surface area contributed by atoms with Crippen LogP contribution in [0.4, 0.5) is 0 Å². The van der Waals surface area contributed by atoms with Gasteiger partial charge in [-0.25, -0.2) is 0 Å². The Morgan fingerprint density at radius 2 is 2.10 bits per heavy atom. The third kappa shape index (κ3) is 1.93. The zero-order valence-electron chi connectivity index (χ0n) is 10.9. The second kappa shape index (κ2) is 4.68. The quantitative estimate of drug-likeness (QED) is 0.672. The zero-order valence-corrected chi connectivity index (χ0v) is 13.3. The molecular formula is C15H11BrN2O2S. The third-order valence-electron chi connectivity index (χ3n) is 3.89. The SMILES string of the molecule is O=C1CCC(n2c3ccc(Br)cc3c3ccsc32)C(=O)N1. The number of nitrogens with one attached hydrogen (secondary N) is 1. The van der Waals surface area contributed by atoms with Crippen LogP contribution in [0.25, 0.3) is 21.1 Å². The summed E-state index contributed by atoms with van der Waals surface area (Å²) in [6, 6.07) is 7.84. The van der Waals surface area contributed by atoms with E-state index in [0.29, 0.717) is 12.8 Å². The van der Waals surface area contributed by atoms with Crippen molar-refractivity contribution >= 4 is 60.2 Å². The molecule has 1 N–H and O–H groups in total. The third-order valence-corrected chi connectivity index (χ3v) is 5.30. The fourth-order valence-corrected chi connectivity index (χ4v) is 4.31. The maximum Gasteiger partial charge on any atom is 0.249 e. The summed E-state index contributed by atoms with van der Waals surface area (Å²) >= 11 is 5.13. The molecule has 3 aromatic rings. The van der Waals surface area contributed by atoms with E-state index in [1.54, 1.807) is 11.3 Å². The van der Waals surface area contributed by atoms with Crippen LogP contribution in [-0.4, -0.2) is 16.4 Å². The van der Waals surface area contributed by atoms with Crippen LogP contribution in [-0.2, 0) is 9.59 Å². The van der Waals surface area contributed by atoms with Crippen LogP contribution in [0.5, 0.6) is 0 Å². The van der Waals surface area contributed by atoms with Crippen LogP contribution >= 0.6 is 27.3 Å². The van der Waals surface area contributed by atoms with Crippen molar-refractivity contribution in [2.45, 2.75) is 18.9 Å². The molecule has 3 heterocycles. The summed E-state index contributed by atoms with van der Waals surface area (Å²) in [6.45, 7) is 0. The van der Waals surface area contributed by atoms with Crippen molar-refractivity contribution in [2.75, 3.05) is 0 Å². The van der Waals surface area contributed by atoms with Crippen molar-refractivity contribution in [3.05, 3.63) is 34.1 Å². The van der Waals surface area contributed by atoms with Crippen LogP contribution < -0.4 is 5.32 Å². The minimum atomic E-state index is -0.317. The summed E-state index contributed by atoms with van der Waals surface area (Å²) < 4.78 is 3.09. The Morgan fingerprint density at radius 3 is 2.90 bits per heavy atom. The Bertz CT molecular complexity index is 896. The lowest BCUT2D eigenvalue weighted by Crippen LogP contribution is -2.41. The number of piperidine rings is 1. The first kappa shape index (κ1) is 13.0. The van der Waals surface area contributed by atoms with Crippen LogP contribution in [0.1, 0.15) is 18.9 Å². The van der Waals surface area contributed by atoms with Gasteiger partial charge in [-0.05, 0) is 36.1 Å². The number of amides is 2. The van der Waals surface area contributed by atoms with E-state index in [-0.39, 0.29) is 17.9 Å². The molecule has 0 bridgehead atoms. The molecule has 6 heteroatoms. The average Bonchev–Trinajstić information content (AvgIpc) is 3.00. The van der Waals surface area contributed by atoms with Gasteiger partial charge in [-0.15, -0.1) is 11.3 Å². The van der Waals surface area contributed by atoms with E-state index >= 15 is 0 Å². The van der Waals surface area contributed by atoms with E-state index < -0.39 is 0 Å². The second-order valence-electron chi connectivity index (χ2n) is 5.14. The van der Waals surface area contributed by atoms with Gasteiger partial charge in [0.2, 0.25) is 11.8 Å². The van der Waals surface area contributed by atoms with E-state index in [1.807, 2.05) is 17.5 Å². The number of halogens is 1. The molecule has 2 aromatic heterocycles. The van der Waals surface area contributed by atoms with Crippen LogP contribution in [0.2, 0.25) is 0 Å². The lowest BCUT2D eigenvalue weighted by molar-refractivity contribution is -0.135. The molecule has 1 atom stereocenters. The van der Waals surface area contributed by atoms with Crippen LogP contribution in [0, 0.1) is 0 Å². The number of hydrogen-bond acceptors (Lipinski definition) is 3. The molecule has 2 amide bonds. The topological polar surface area (TPSA) is 51.1 Å². The number of hydrogen-bond donors (Lipinski definition) is 1. The second-order valence-corrected chi connectivity index (χ2v) is 6.95. The first-order chi connectivity index (χ1) is 10.1. The van der Waals surface area contributed by atoms with E-state index in [1.165, 1.54) is 0 Å². The lowest BCUT2D eigenvalue weighted by atomic mass is 10.1. The predicted molar refractivity (Wildman–Crippen MR) is 86.4 cm³/mol. The molecule has 1 aliphatic heterocycles.